The number of carbonyl (C=O) groups is 1. The highest BCUT2D eigenvalue weighted by atomic mass is 16.2. The summed E-state index contributed by atoms with van der Waals surface area (Å²) in [6.45, 7) is 6.33. The third kappa shape index (κ3) is 2.09. The van der Waals surface area contributed by atoms with E-state index in [0.717, 1.165) is 5.56 Å². The van der Waals surface area contributed by atoms with Gasteiger partial charge in [-0.1, -0.05) is 51.1 Å². The fourth-order valence-electron chi connectivity index (χ4n) is 1.87. The van der Waals surface area contributed by atoms with E-state index in [1.54, 1.807) is 0 Å². The van der Waals surface area contributed by atoms with Crippen molar-refractivity contribution in [1.82, 2.24) is 10.6 Å². The van der Waals surface area contributed by atoms with Crippen LogP contribution in [0.4, 0.5) is 0 Å². The molecular formula is C13H18N2O. The van der Waals surface area contributed by atoms with Crippen molar-refractivity contribution in [2.75, 3.05) is 0 Å². The number of benzene rings is 1. The highest BCUT2D eigenvalue weighted by molar-refractivity contribution is 5.85. The number of hydrogen-bond donors (Lipinski definition) is 2. The van der Waals surface area contributed by atoms with E-state index in [1.165, 1.54) is 0 Å². The van der Waals surface area contributed by atoms with Crippen LogP contribution in [0.5, 0.6) is 0 Å². The summed E-state index contributed by atoms with van der Waals surface area (Å²) in [5, 5.41) is 6.33. The number of carbonyl (C=O) groups excluding carboxylic acids is 1. The maximum Gasteiger partial charge on any atom is 0.243 e. The van der Waals surface area contributed by atoms with Gasteiger partial charge in [0.2, 0.25) is 5.91 Å². The zero-order valence-electron chi connectivity index (χ0n) is 9.95. The summed E-state index contributed by atoms with van der Waals surface area (Å²) in [5.41, 5.74) is 1.05. The fraction of sp³-hybridized carbons (Fsp3) is 0.462. The molecule has 1 saturated heterocycles. The molecule has 1 fully saturated rings. The minimum Gasteiger partial charge on any atom is -0.339 e. The molecule has 2 rings (SSSR count). The van der Waals surface area contributed by atoms with Crippen LogP contribution in [0.25, 0.3) is 0 Å². The average Bonchev–Trinajstić information content (AvgIpc) is 2.61. The van der Waals surface area contributed by atoms with Crippen LogP contribution in [0.15, 0.2) is 30.3 Å². The average molecular weight is 218 g/mol. The topological polar surface area (TPSA) is 41.1 Å². The van der Waals surface area contributed by atoms with E-state index in [2.05, 4.69) is 31.4 Å². The van der Waals surface area contributed by atoms with Crippen LogP contribution in [-0.2, 0) is 4.79 Å². The van der Waals surface area contributed by atoms with Gasteiger partial charge >= 0.3 is 0 Å². The van der Waals surface area contributed by atoms with Gasteiger partial charge in [0.15, 0.2) is 0 Å². The molecule has 0 saturated carbocycles. The van der Waals surface area contributed by atoms with Crippen molar-refractivity contribution in [3.05, 3.63) is 35.9 Å². The molecule has 86 valence electrons. The van der Waals surface area contributed by atoms with Crippen LogP contribution in [-0.4, -0.2) is 12.1 Å². The number of rotatable bonds is 1. The largest absolute Gasteiger partial charge is 0.339 e. The van der Waals surface area contributed by atoms with Crippen LogP contribution < -0.4 is 10.6 Å². The quantitative estimate of drug-likeness (QED) is 0.755. The van der Waals surface area contributed by atoms with Gasteiger partial charge in [0.05, 0.1) is 6.17 Å². The minimum absolute atomic E-state index is 0.0270. The maximum atomic E-state index is 11.9. The van der Waals surface area contributed by atoms with Gasteiger partial charge in [0.25, 0.3) is 0 Å². The molecule has 1 aliphatic heterocycles. The molecule has 0 bridgehead atoms. The lowest BCUT2D eigenvalue weighted by Crippen LogP contribution is -2.43. The van der Waals surface area contributed by atoms with Crippen molar-refractivity contribution < 1.29 is 4.79 Å². The Kier molecular flexibility index (Phi) is 2.72. The van der Waals surface area contributed by atoms with Crippen LogP contribution in [0.2, 0.25) is 0 Å². The summed E-state index contributed by atoms with van der Waals surface area (Å²) in [6.07, 6.45) is 0.0326. The van der Waals surface area contributed by atoms with Gasteiger partial charge in [0, 0.05) is 0 Å². The Balaban J connectivity index is 2.18. The zero-order valence-corrected chi connectivity index (χ0v) is 9.95. The van der Waals surface area contributed by atoms with Crippen molar-refractivity contribution >= 4 is 5.91 Å². The highest BCUT2D eigenvalue weighted by Gasteiger charge is 2.38. The standard InChI is InChI=1S/C13H18N2O/c1-13(2,3)12-14-10(11(16)15-12)9-7-5-4-6-8-9/h4-8,10,12,14H,1-3H3,(H,15,16)/t10-,12+/m0/s1. The minimum atomic E-state index is -0.217. The van der Waals surface area contributed by atoms with E-state index in [-0.39, 0.29) is 23.5 Å². The summed E-state index contributed by atoms with van der Waals surface area (Å²) < 4.78 is 0. The Labute approximate surface area is 96.2 Å². The van der Waals surface area contributed by atoms with Crippen LogP contribution >= 0.6 is 0 Å². The Morgan fingerprint density at radius 2 is 1.75 bits per heavy atom. The third-order valence-electron chi connectivity index (χ3n) is 2.88. The van der Waals surface area contributed by atoms with Gasteiger partial charge in [-0.25, -0.2) is 0 Å². The van der Waals surface area contributed by atoms with E-state index >= 15 is 0 Å². The third-order valence-corrected chi connectivity index (χ3v) is 2.88. The second kappa shape index (κ2) is 3.91. The van der Waals surface area contributed by atoms with Gasteiger partial charge in [-0.2, -0.15) is 0 Å². The van der Waals surface area contributed by atoms with E-state index in [9.17, 15) is 4.79 Å². The lowest BCUT2D eigenvalue weighted by molar-refractivity contribution is -0.121. The number of hydrogen-bond acceptors (Lipinski definition) is 2. The summed E-state index contributed by atoms with van der Waals surface area (Å²) in [5.74, 6) is 0.0612. The highest BCUT2D eigenvalue weighted by Crippen LogP contribution is 2.26. The van der Waals surface area contributed by atoms with E-state index in [4.69, 9.17) is 0 Å². The van der Waals surface area contributed by atoms with E-state index < -0.39 is 0 Å². The normalized spacial score (nSPS) is 25.6. The second-order valence-corrected chi connectivity index (χ2v) is 5.32. The van der Waals surface area contributed by atoms with Gasteiger partial charge in [-0.3, -0.25) is 10.1 Å². The molecule has 1 aromatic rings. The molecule has 1 heterocycles. The van der Waals surface area contributed by atoms with Gasteiger partial charge in [-0.05, 0) is 11.0 Å². The molecule has 1 aromatic carbocycles. The Bertz CT molecular complexity index is 381. The molecule has 0 spiro atoms. The Hall–Kier alpha value is -1.35. The molecule has 0 aromatic heterocycles. The van der Waals surface area contributed by atoms with Crippen molar-refractivity contribution in [2.24, 2.45) is 5.41 Å². The second-order valence-electron chi connectivity index (χ2n) is 5.32. The molecular weight excluding hydrogens is 200 g/mol. The SMILES string of the molecule is CC(C)(C)[C@H]1NC(=O)[C@H](c2ccccc2)N1. The van der Waals surface area contributed by atoms with Crippen molar-refractivity contribution in [2.45, 2.75) is 33.0 Å². The first-order chi connectivity index (χ1) is 7.48. The summed E-state index contributed by atoms with van der Waals surface area (Å²) in [6, 6.07) is 9.59. The van der Waals surface area contributed by atoms with Gasteiger partial charge in [0.1, 0.15) is 6.04 Å². The Morgan fingerprint density at radius 3 is 2.25 bits per heavy atom. The summed E-state index contributed by atoms with van der Waals surface area (Å²) in [7, 11) is 0. The molecule has 2 atom stereocenters. The first-order valence-corrected chi connectivity index (χ1v) is 5.60. The predicted octanol–water partition coefficient (Wildman–Crippen LogP) is 1.82. The van der Waals surface area contributed by atoms with Crippen molar-refractivity contribution in [3.63, 3.8) is 0 Å². The molecule has 0 aliphatic carbocycles. The van der Waals surface area contributed by atoms with Crippen LogP contribution in [0, 0.1) is 5.41 Å². The molecule has 1 aliphatic rings. The first kappa shape index (κ1) is 11.1. The first-order valence-electron chi connectivity index (χ1n) is 5.60. The smallest absolute Gasteiger partial charge is 0.243 e. The molecule has 3 nitrogen and oxygen atoms in total. The summed E-state index contributed by atoms with van der Waals surface area (Å²) >= 11 is 0. The van der Waals surface area contributed by atoms with Crippen molar-refractivity contribution in [3.8, 4) is 0 Å². The molecule has 0 radical (unpaired) electrons. The molecule has 3 heteroatoms. The van der Waals surface area contributed by atoms with Crippen LogP contribution in [0.1, 0.15) is 32.4 Å². The molecule has 2 N–H and O–H groups in total. The predicted molar refractivity (Wildman–Crippen MR) is 63.7 cm³/mol. The van der Waals surface area contributed by atoms with Crippen LogP contribution in [0.3, 0.4) is 0 Å². The summed E-state index contributed by atoms with van der Waals surface area (Å²) in [4.78, 5) is 11.9. The fourth-order valence-corrected chi connectivity index (χ4v) is 1.87. The van der Waals surface area contributed by atoms with E-state index in [1.807, 2.05) is 30.3 Å². The Morgan fingerprint density at radius 1 is 1.12 bits per heavy atom. The lowest BCUT2D eigenvalue weighted by atomic mass is 9.93. The number of amides is 1. The van der Waals surface area contributed by atoms with E-state index in [0.29, 0.717) is 0 Å². The number of nitrogens with one attached hydrogen (secondary N) is 2. The van der Waals surface area contributed by atoms with Crippen molar-refractivity contribution in [1.29, 1.82) is 0 Å². The maximum absolute atomic E-state index is 11.9. The molecule has 1 amide bonds. The molecule has 0 unspecified atom stereocenters. The van der Waals surface area contributed by atoms with Gasteiger partial charge in [-0.15, -0.1) is 0 Å². The van der Waals surface area contributed by atoms with Gasteiger partial charge < -0.3 is 5.32 Å². The zero-order chi connectivity index (χ0) is 11.8. The molecule has 16 heavy (non-hydrogen) atoms. The lowest BCUT2D eigenvalue weighted by Gasteiger charge is -2.26. The monoisotopic (exact) mass is 218 g/mol.